The standard InChI is InChI=1S/C18H30N4O2/c1-3-22(4-2)18(16-9-8-10-19-13-16)20-24-15-17(23)14-21-11-6-5-7-12-21/h8-10,13,17,23H,3-7,11-12,14-15H2,1-2H3/p+1. The zero-order valence-corrected chi connectivity index (χ0v) is 14.9. The molecule has 134 valence electrons. The van der Waals surface area contributed by atoms with Crippen LogP contribution in [-0.4, -0.2) is 70.8 Å². The SMILES string of the molecule is CC[N+](CC)=C(NOCC(O)CN1CCCCC1)c1cccnc1. The summed E-state index contributed by atoms with van der Waals surface area (Å²) in [6, 6.07) is 3.91. The highest BCUT2D eigenvalue weighted by molar-refractivity contribution is 5.93. The van der Waals surface area contributed by atoms with E-state index in [1.54, 1.807) is 6.20 Å². The molecular weight excluding hydrogens is 304 g/mol. The van der Waals surface area contributed by atoms with Crippen LogP contribution in [0, 0.1) is 0 Å². The van der Waals surface area contributed by atoms with Crippen LogP contribution in [0.2, 0.25) is 0 Å². The van der Waals surface area contributed by atoms with Gasteiger partial charge in [-0.05, 0) is 51.9 Å². The van der Waals surface area contributed by atoms with Crippen molar-refractivity contribution in [3.05, 3.63) is 30.1 Å². The number of amidine groups is 1. The van der Waals surface area contributed by atoms with E-state index in [9.17, 15) is 5.11 Å². The quantitative estimate of drug-likeness (QED) is 0.324. The molecule has 24 heavy (non-hydrogen) atoms. The average Bonchev–Trinajstić information content (AvgIpc) is 2.63. The fourth-order valence-corrected chi connectivity index (χ4v) is 3.05. The lowest BCUT2D eigenvalue weighted by molar-refractivity contribution is -0.523. The molecule has 2 heterocycles. The van der Waals surface area contributed by atoms with E-state index in [2.05, 4.69) is 33.8 Å². The van der Waals surface area contributed by atoms with E-state index in [0.717, 1.165) is 37.6 Å². The van der Waals surface area contributed by atoms with Gasteiger partial charge in [-0.1, -0.05) is 6.42 Å². The van der Waals surface area contributed by atoms with Crippen molar-refractivity contribution in [1.29, 1.82) is 0 Å². The molecule has 1 aromatic rings. The molecule has 2 rings (SSSR count). The lowest BCUT2D eigenvalue weighted by atomic mass is 10.1. The van der Waals surface area contributed by atoms with Gasteiger partial charge in [-0.25, -0.2) is 0 Å². The van der Waals surface area contributed by atoms with Crippen LogP contribution in [0.1, 0.15) is 38.7 Å². The number of pyridine rings is 1. The number of hydrogen-bond acceptors (Lipinski definition) is 4. The van der Waals surface area contributed by atoms with E-state index in [4.69, 9.17) is 4.84 Å². The second-order valence-corrected chi connectivity index (χ2v) is 6.19. The summed E-state index contributed by atoms with van der Waals surface area (Å²) in [6.45, 7) is 9.05. The lowest BCUT2D eigenvalue weighted by Gasteiger charge is -2.28. The third-order valence-electron chi connectivity index (χ3n) is 4.38. The monoisotopic (exact) mass is 335 g/mol. The number of β-amino-alcohol motifs (C(OH)–C–C–N with tert-alkyl or cyclic N) is 1. The lowest BCUT2D eigenvalue weighted by Crippen LogP contribution is -2.41. The molecule has 0 aliphatic carbocycles. The first-order valence-corrected chi connectivity index (χ1v) is 9.05. The number of hydrogen-bond donors (Lipinski definition) is 2. The van der Waals surface area contributed by atoms with Crippen molar-refractivity contribution in [2.24, 2.45) is 0 Å². The molecule has 0 saturated carbocycles. The van der Waals surface area contributed by atoms with Crippen LogP contribution in [0.15, 0.2) is 24.5 Å². The Bertz CT molecular complexity index is 495. The zero-order valence-electron chi connectivity index (χ0n) is 14.9. The van der Waals surface area contributed by atoms with Crippen molar-refractivity contribution in [2.45, 2.75) is 39.2 Å². The van der Waals surface area contributed by atoms with Gasteiger partial charge in [0.25, 0.3) is 0 Å². The minimum atomic E-state index is -0.484. The molecule has 0 radical (unpaired) electrons. The van der Waals surface area contributed by atoms with Crippen molar-refractivity contribution in [1.82, 2.24) is 15.4 Å². The predicted octanol–water partition coefficient (Wildman–Crippen LogP) is 1.25. The summed E-state index contributed by atoms with van der Waals surface area (Å²) in [7, 11) is 0. The Labute approximate surface area is 145 Å². The summed E-state index contributed by atoms with van der Waals surface area (Å²) < 4.78 is 2.17. The van der Waals surface area contributed by atoms with Crippen LogP contribution in [0.25, 0.3) is 0 Å². The molecule has 0 spiro atoms. The Morgan fingerprint density at radius 3 is 2.71 bits per heavy atom. The van der Waals surface area contributed by atoms with Crippen molar-refractivity contribution >= 4 is 5.84 Å². The Morgan fingerprint density at radius 2 is 2.08 bits per heavy atom. The Balaban J connectivity index is 1.87. The second-order valence-electron chi connectivity index (χ2n) is 6.19. The highest BCUT2D eigenvalue weighted by Gasteiger charge is 2.18. The van der Waals surface area contributed by atoms with E-state index in [1.165, 1.54) is 19.3 Å². The van der Waals surface area contributed by atoms with Gasteiger partial charge in [-0.3, -0.25) is 9.56 Å². The van der Waals surface area contributed by atoms with Gasteiger partial charge in [0, 0.05) is 18.9 Å². The first-order valence-electron chi connectivity index (χ1n) is 9.05. The third kappa shape index (κ3) is 5.85. The number of likely N-dealkylation sites (tertiary alicyclic amines) is 1. The summed E-state index contributed by atoms with van der Waals surface area (Å²) in [6.07, 6.45) is 6.85. The molecule has 6 nitrogen and oxygen atoms in total. The van der Waals surface area contributed by atoms with Crippen molar-refractivity contribution in [3.8, 4) is 0 Å². The van der Waals surface area contributed by atoms with Crippen molar-refractivity contribution in [2.75, 3.05) is 39.3 Å². The molecule has 0 amide bonds. The van der Waals surface area contributed by atoms with E-state index in [-0.39, 0.29) is 6.61 Å². The van der Waals surface area contributed by atoms with Gasteiger partial charge in [0.2, 0.25) is 0 Å². The molecule has 1 saturated heterocycles. The van der Waals surface area contributed by atoms with Gasteiger partial charge >= 0.3 is 5.84 Å². The third-order valence-corrected chi connectivity index (χ3v) is 4.38. The topological polar surface area (TPSA) is 60.6 Å². The van der Waals surface area contributed by atoms with Gasteiger partial charge in [-0.15, -0.1) is 5.48 Å². The van der Waals surface area contributed by atoms with E-state index >= 15 is 0 Å². The number of hydroxylamine groups is 1. The van der Waals surface area contributed by atoms with E-state index in [0.29, 0.717) is 6.54 Å². The van der Waals surface area contributed by atoms with Crippen LogP contribution in [0.5, 0.6) is 0 Å². The molecular formula is C18H31N4O2+. The minimum absolute atomic E-state index is 0.265. The van der Waals surface area contributed by atoms with Gasteiger partial charge in [0.15, 0.2) is 0 Å². The summed E-state index contributed by atoms with van der Waals surface area (Å²) in [4.78, 5) is 12.1. The van der Waals surface area contributed by atoms with Crippen LogP contribution in [0.3, 0.4) is 0 Å². The van der Waals surface area contributed by atoms with Gasteiger partial charge in [-0.2, -0.15) is 4.84 Å². The van der Waals surface area contributed by atoms with Crippen LogP contribution < -0.4 is 5.48 Å². The number of aliphatic hydroxyl groups excluding tert-OH is 1. The fourth-order valence-electron chi connectivity index (χ4n) is 3.05. The summed E-state index contributed by atoms with van der Waals surface area (Å²) in [5, 5.41) is 10.2. The number of nitrogens with one attached hydrogen (secondary N) is 1. The Hall–Kier alpha value is -1.50. The molecule has 0 aromatic carbocycles. The van der Waals surface area contributed by atoms with Gasteiger partial charge in [0.1, 0.15) is 6.61 Å². The number of rotatable bonds is 8. The maximum atomic E-state index is 10.2. The molecule has 1 aliphatic rings. The molecule has 1 aromatic heterocycles. The predicted molar refractivity (Wildman–Crippen MR) is 95.1 cm³/mol. The first-order chi connectivity index (χ1) is 11.7. The van der Waals surface area contributed by atoms with Crippen LogP contribution in [-0.2, 0) is 4.84 Å². The van der Waals surface area contributed by atoms with E-state index in [1.807, 2.05) is 18.3 Å². The van der Waals surface area contributed by atoms with Crippen LogP contribution in [0.4, 0.5) is 0 Å². The molecule has 1 aliphatic heterocycles. The largest absolute Gasteiger partial charge is 0.389 e. The molecule has 1 fully saturated rings. The normalized spacial score (nSPS) is 16.6. The Morgan fingerprint density at radius 1 is 1.33 bits per heavy atom. The fraction of sp³-hybridized carbons (Fsp3) is 0.667. The van der Waals surface area contributed by atoms with E-state index < -0.39 is 6.10 Å². The number of aromatic nitrogens is 1. The smallest absolute Gasteiger partial charge is 0.308 e. The maximum absolute atomic E-state index is 10.2. The highest BCUT2D eigenvalue weighted by Crippen LogP contribution is 2.08. The molecule has 1 unspecified atom stereocenters. The summed E-state index contributed by atoms with van der Waals surface area (Å²) in [5.41, 5.74) is 4.01. The molecule has 2 N–H and O–H groups in total. The van der Waals surface area contributed by atoms with Crippen molar-refractivity contribution < 1.29 is 14.5 Å². The summed E-state index contributed by atoms with van der Waals surface area (Å²) in [5.74, 6) is 0.887. The van der Waals surface area contributed by atoms with Gasteiger partial charge in [0.05, 0.1) is 24.8 Å². The molecule has 6 heteroatoms. The highest BCUT2D eigenvalue weighted by atomic mass is 16.6. The maximum Gasteiger partial charge on any atom is 0.308 e. The van der Waals surface area contributed by atoms with Crippen molar-refractivity contribution in [3.63, 3.8) is 0 Å². The number of aliphatic hydroxyl groups is 1. The number of piperidine rings is 1. The average molecular weight is 335 g/mol. The Kier molecular flexibility index (Phi) is 8.15. The van der Waals surface area contributed by atoms with Crippen LogP contribution >= 0.6 is 0 Å². The summed E-state index contributed by atoms with van der Waals surface area (Å²) >= 11 is 0. The minimum Gasteiger partial charge on any atom is -0.389 e. The molecule has 0 bridgehead atoms. The van der Waals surface area contributed by atoms with Gasteiger partial charge < -0.3 is 10.0 Å². The second kappa shape index (κ2) is 10.4. The number of nitrogens with zero attached hydrogens (tertiary/aromatic N) is 3. The zero-order chi connectivity index (χ0) is 17.2. The first kappa shape index (κ1) is 18.8. The molecule has 1 atom stereocenters.